The largest absolute Gasteiger partial charge is 0.273 e. The topological polar surface area (TPSA) is 41.8 Å². The van der Waals surface area contributed by atoms with Gasteiger partial charge in [0.25, 0.3) is 0 Å². The minimum atomic E-state index is -0.0220. The molecule has 2 aliphatic heterocycles. The van der Waals surface area contributed by atoms with Gasteiger partial charge in [-0.1, -0.05) is 6.07 Å². The maximum atomic E-state index is 11.2. The van der Waals surface area contributed by atoms with Crippen molar-refractivity contribution in [1.82, 2.24) is 0 Å². The molecule has 14 heavy (non-hydrogen) atoms. The third kappa shape index (κ3) is 0.954. The molecule has 2 heterocycles. The van der Waals surface area contributed by atoms with E-state index in [1.54, 1.807) is 6.21 Å². The first-order chi connectivity index (χ1) is 6.84. The number of hydrogen-bond donors (Lipinski definition) is 0. The first-order valence-electron chi connectivity index (χ1n) is 4.62. The summed E-state index contributed by atoms with van der Waals surface area (Å²) in [6.07, 6.45) is 5.00. The van der Waals surface area contributed by atoms with E-state index in [1.807, 2.05) is 18.2 Å². The van der Waals surface area contributed by atoms with E-state index < -0.39 is 0 Å². The van der Waals surface area contributed by atoms with Gasteiger partial charge in [-0.25, -0.2) is 4.99 Å². The maximum absolute atomic E-state index is 11.2. The molecule has 2 aliphatic rings. The number of aryl methyl sites for hydroxylation is 1. The number of hydrogen-bond acceptors (Lipinski definition) is 2. The lowest BCUT2D eigenvalue weighted by molar-refractivity contribution is -0.118. The Bertz CT molecular complexity index is 570. The summed E-state index contributed by atoms with van der Waals surface area (Å²) in [6, 6.07) is 4.00. The van der Waals surface area contributed by atoms with Crippen LogP contribution in [-0.2, 0) is 11.2 Å². The van der Waals surface area contributed by atoms with Gasteiger partial charge in [0.05, 0.1) is 11.0 Å². The molecule has 0 bridgehead atoms. The van der Waals surface area contributed by atoms with E-state index in [9.17, 15) is 4.79 Å². The van der Waals surface area contributed by atoms with Crippen LogP contribution in [0.2, 0.25) is 0 Å². The van der Waals surface area contributed by atoms with E-state index in [1.165, 1.54) is 0 Å². The van der Waals surface area contributed by atoms with Crippen LogP contribution in [0.3, 0.4) is 0 Å². The molecule has 0 saturated heterocycles. The van der Waals surface area contributed by atoms with Crippen molar-refractivity contribution in [3.63, 3.8) is 0 Å². The van der Waals surface area contributed by atoms with Gasteiger partial charge in [-0.3, -0.25) is 9.79 Å². The zero-order valence-electron chi connectivity index (χ0n) is 7.53. The van der Waals surface area contributed by atoms with Crippen molar-refractivity contribution in [3.8, 4) is 0 Å². The molecule has 0 fully saturated rings. The van der Waals surface area contributed by atoms with Crippen LogP contribution in [0.1, 0.15) is 12.0 Å². The lowest BCUT2D eigenvalue weighted by atomic mass is 10.0. The van der Waals surface area contributed by atoms with E-state index in [0.29, 0.717) is 6.42 Å². The zero-order valence-corrected chi connectivity index (χ0v) is 7.53. The molecule has 68 valence electrons. The molecule has 3 heteroatoms. The van der Waals surface area contributed by atoms with E-state index >= 15 is 0 Å². The van der Waals surface area contributed by atoms with Gasteiger partial charge in [-0.15, -0.1) is 0 Å². The highest BCUT2D eigenvalue weighted by molar-refractivity contribution is 5.97. The van der Waals surface area contributed by atoms with E-state index in [0.717, 1.165) is 28.2 Å². The van der Waals surface area contributed by atoms with Gasteiger partial charge < -0.3 is 0 Å². The summed E-state index contributed by atoms with van der Waals surface area (Å²) in [7, 11) is 0. The monoisotopic (exact) mass is 184 g/mol. The van der Waals surface area contributed by atoms with Crippen LogP contribution in [-0.4, -0.2) is 12.1 Å². The third-order valence-electron chi connectivity index (χ3n) is 2.58. The fraction of sp³-hybridized carbons (Fsp3) is 0.182. The third-order valence-corrected chi connectivity index (χ3v) is 2.58. The van der Waals surface area contributed by atoms with Crippen LogP contribution in [0.15, 0.2) is 22.1 Å². The molecule has 3 rings (SSSR count). The number of fused-ring (bicyclic) bond motifs is 3. The Labute approximate surface area is 80.5 Å². The molecule has 0 radical (unpaired) electrons. The van der Waals surface area contributed by atoms with Crippen LogP contribution in [0.5, 0.6) is 0 Å². The maximum Gasteiger partial charge on any atom is 0.246 e. The van der Waals surface area contributed by atoms with Crippen LogP contribution in [0, 0.1) is 0 Å². The normalized spacial score (nSPS) is 17.0. The Morgan fingerprint density at radius 2 is 2.14 bits per heavy atom. The van der Waals surface area contributed by atoms with Crippen molar-refractivity contribution in [2.75, 3.05) is 0 Å². The molecule has 0 aromatic heterocycles. The predicted molar refractivity (Wildman–Crippen MR) is 53.2 cm³/mol. The summed E-state index contributed by atoms with van der Waals surface area (Å²) in [5.41, 5.74) is 2.08. The number of rotatable bonds is 0. The van der Waals surface area contributed by atoms with Crippen LogP contribution in [0.25, 0.3) is 6.08 Å². The Morgan fingerprint density at radius 1 is 1.21 bits per heavy atom. The molecule has 3 nitrogen and oxygen atoms in total. The quantitative estimate of drug-likeness (QED) is 0.570. The molecule has 0 atom stereocenters. The SMILES string of the molecule is O=C1CCc2ccc3c(c2=N1)=CC=N3. The second-order valence-corrected chi connectivity index (χ2v) is 3.46. The highest BCUT2D eigenvalue weighted by atomic mass is 16.1. The van der Waals surface area contributed by atoms with Crippen LogP contribution < -0.4 is 10.6 Å². The van der Waals surface area contributed by atoms with Crippen LogP contribution in [0.4, 0.5) is 5.69 Å². The van der Waals surface area contributed by atoms with Gasteiger partial charge in [0.15, 0.2) is 0 Å². The smallest absolute Gasteiger partial charge is 0.246 e. The number of benzene rings is 1. The summed E-state index contributed by atoms with van der Waals surface area (Å²) in [5.74, 6) is -0.0220. The molecular weight excluding hydrogens is 176 g/mol. The Balaban J connectivity index is 2.46. The molecule has 0 spiro atoms. The van der Waals surface area contributed by atoms with Crippen molar-refractivity contribution < 1.29 is 4.79 Å². The molecule has 1 aromatic carbocycles. The molecule has 0 saturated carbocycles. The molecular formula is C11H8N2O. The average Bonchev–Trinajstić information content (AvgIpc) is 2.65. The van der Waals surface area contributed by atoms with Crippen molar-refractivity contribution >= 4 is 23.9 Å². The van der Waals surface area contributed by atoms with Gasteiger partial charge >= 0.3 is 0 Å². The van der Waals surface area contributed by atoms with E-state index in [4.69, 9.17) is 0 Å². The predicted octanol–water partition coefficient (Wildman–Crippen LogP) is 0.275. The Kier molecular flexibility index (Phi) is 1.42. The minimum Gasteiger partial charge on any atom is -0.273 e. The summed E-state index contributed by atoms with van der Waals surface area (Å²) < 4.78 is 0. The summed E-state index contributed by atoms with van der Waals surface area (Å²) in [6.45, 7) is 0. The lowest BCUT2D eigenvalue weighted by Crippen LogP contribution is -2.32. The van der Waals surface area contributed by atoms with E-state index in [-0.39, 0.29) is 5.91 Å². The highest BCUT2D eigenvalue weighted by Crippen LogP contribution is 2.10. The van der Waals surface area contributed by atoms with Gasteiger partial charge in [0.2, 0.25) is 5.91 Å². The molecule has 0 N–H and O–H groups in total. The van der Waals surface area contributed by atoms with Gasteiger partial charge in [0, 0.05) is 17.9 Å². The van der Waals surface area contributed by atoms with Crippen molar-refractivity contribution in [1.29, 1.82) is 0 Å². The molecule has 0 unspecified atom stereocenters. The second kappa shape index (κ2) is 2.61. The highest BCUT2D eigenvalue weighted by Gasteiger charge is 2.12. The number of carbonyl (C=O) groups excluding carboxylic acids is 1. The fourth-order valence-electron chi connectivity index (χ4n) is 1.87. The Hall–Kier alpha value is -1.77. The van der Waals surface area contributed by atoms with Gasteiger partial charge in [-0.05, 0) is 24.1 Å². The molecule has 0 aliphatic carbocycles. The standard InChI is InChI=1S/C11H8N2O/c14-10-4-2-7-1-3-9-8(5-6-12-9)11(7)13-10/h1,3,5-6H,2,4H2. The zero-order chi connectivity index (χ0) is 9.54. The van der Waals surface area contributed by atoms with Gasteiger partial charge in [0.1, 0.15) is 0 Å². The summed E-state index contributed by atoms with van der Waals surface area (Å²) in [5, 5.41) is 1.83. The summed E-state index contributed by atoms with van der Waals surface area (Å²) in [4.78, 5) is 19.5. The number of carbonyl (C=O) groups is 1. The van der Waals surface area contributed by atoms with Crippen molar-refractivity contribution in [3.05, 3.63) is 28.3 Å². The number of amides is 1. The van der Waals surface area contributed by atoms with Gasteiger partial charge in [-0.2, -0.15) is 0 Å². The molecule has 1 aromatic rings. The number of aliphatic imine (C=N–C) groups is 1. The Morgan fingerprint density at radius 3 is 3.07 bits per heavy atom. The van der Waals surface area contributed by atoms with Crippen molar-refractivity contribution in [2.24, 2.45) is 9.98 Å². The lowest BCUT2D eigenvalue weighted by Gasteiger charge is -2.06. The fourth-order valence-corrected chi connectivity index (χ4v) is 1.87. The van der Waals surface area contributed by atoms with Crippen LogP contribution >= 0.6 is 0 Å². The second-order valence-electron chi connectivity index (χ2n) is 3.46. The van der Waals surface area contributed by atoms with E-state index in [2.05, 4.69) is 9.98 Å². The first-order valence-corrected chi connectivity index (χ1v) is 4.62. The molecule has 1 amide bonds. The van der Waals surface area contributed by atoms with Crippen molar-refractivity contribution in [2.45, 2.75) is 12.8 Å². The minimum absolute atomic E-state index is 0.0220. The average molecular weight is 184 g/mol. The summed E-state index contributed by atoms with van der Waals surface area (Å²) >= 11 is 0. The first kappa shape index (κ1) is 7.62. The number of nitrogens with zero attached hydrogens (tertiary/aromatic N) is 2.